The fourth-order valence-corrected chi connectivity index (χ4v) is 16.2. The molecule has 0 amide bonds. The Bertz CT molecular complexity index is 3860. The highest BCUT2D eigenvalue weighted by Gasteiger charge is 2.63. The fourth-order valence-electron chi connectivity index (χ4n) is 16.2. The molecule has 24 heteroatoms. The van der Waals surface area contributed by atoms with E-state index in [9.17, 15) is 4.79 Å². The summed E-state index contributed by atoms with van der Waals surface area (Å²) in [6, 6.07) is 59.6. The average Bonchev–Trinajstić information content (AvgIpc) is 1.63. The van der Waals surface area contributed by atoms with E-state index in [1.54, 1.807) is 6.92 Å². The van der Waals surface area contributed by atoms with Crippen LogP contribution >= 0.6 is 0 Å². The fraction of sp³-hybridized carbons (Fsp3) is 0.563. The molecule has 111 heavy (non-hydrogen) atoms. The van der Waals surface area contributed by atoms with Gasteiger partial charge < -0.3 is 104 Å². The Morgan fingerprint density at radius 1 is 0.414 bits per heavy atom. The topological polar surface area (TPSA) is 244 Å². The first kappa shape index (κ1) is 81.0. The SMILES string of the molecule is CC(=N)O[C@H]1OC(C)[C@H](OC(C)=O)C(O[C@@H]2OC(C)[C@H](C)[C@@H]3OC(C)(C)OC23)[C@H]1O[C@@H]1OC(C)[C@H](O[C@@H]2OC[C@@H](C)C(O[C@@H]3OC[C@]4(COCc5ccccc5)O[C@@H](c5ccccc5)OC34)[C@H]2OCc2ccccc2)C(O[C@@H]2OC(COCc3ccccc3)[C@@H](OCc3ccccc3)C(OCc3ccccc3)[C@H]2C)[C@@H]1C. The second kappa shape index (κ2) is 36.9. The molecule has 0 aliphatic carbocycles. The maximum Gasteiger partial charge on any atom is 0.303 e. The lowest BCUT2D eigenvalue weighted by atomic mass is 9.89. The lowest BCUT2D eigenvalue weighted by Crippen LogP contribution is -2.66. The Hall–Kier alpha value is -6.54. The molecule has 8 aliphatic rings. The molecule has 6 aromatic rings. The number of carbonyl (C=O) groups excluding carboxylic acids is 1. The summed E-state index contributed by atoms with van der Waals surface area (Å²) in [5.41, 5.74) is 4.58. The molecule has 600 valence electrons. The van der Waals surface area contributed by atoms with Gasteiger partial charge in [-0.15, -0.1) is 0 Å². The van der Waals surface area contributed by atoms with E-state index in [0.29, 0.717) is 6.61 Å². The molecule has 8 fully saturated rings. The Morgan fingerprint density at radius 3 is 1.49 bits per heavy atom. The predicted molar refractivity (Wildman–Crippen MR) is 401 cm³/mol. The van der Waals surface area contributed by atoms with Crippen molar-refractivity contribution in [1.29, 1.82) is 5.41 Å². The molecule has 8 saturated heterocycles. The van der Waals surface area contributed by atoms with Gasteiger partial charge in [-0.1, -0.05) is 210 Å². The molecule has 1 N–H and O–H groups in total. The Labute approximate surface area is 651 Å². The van der Waals surface area contributed by atoms with Gasteiger partial charge >= 0.3 is 5.97 Å². The minimum Gasteiger partial charge on any atom is -0.457 e. The zero-order chi connectivity index (χ0) is 77.3. The number of hydrogen-bond donors (Lipinski definition) is 1. The van der Waals surface area contributed by atoms with Crippen LogP contribution in [-0.2, 0) is 142 Å². The third kappa shape index (κ3) is 19.5. The van der Waals surface area contributed by atoms with E-state index in [1.165, 1.54) is 13.8 Å². The lowest BCUT2D eigenvalue weighted by Gasteiger charge is -2.52. The lowest BCUT2D eigenvalue weighted by molar-refractivity contribution is -0.395. The van der Waals surface area contributed by atoms with Gasteiger partial charge in [0.2, 0.25) is 6.29 Å². The van der Waals surface area contributed by atoms with E-state index < -0.39 is 165 Å². The molecule has 0 bridgehead atoms. The quantitative estimate of drug-likeness (QED) is 0.0250. The molecule has 24 nitrogen and oxygen atoms in total. The van der Waals surface area contributed by atoms with Crippen LogP contribution in [0.4, 0.5) is 0 Å². The van der Waals surface area contributed by atoms with Gasteiger partial charge in [0.25, 0.3) is 0 Å². The molecular weight excluding hydrogens is 1430 g/mol. The van der Waals surface area contributed by atoms with Crippen molar-refractivity contribution in [3.8, 4) is 0 Å². The first-order valence-corrected chi connectivity index (χ1v) is 39.2. The monoisotopic (exact) mass is 1540 g/mol. The van der Waals surface area contributed by atoms with Crippen LogP contribution < -0.4 is 0 Å². The zero-order valence-electron chi connectivity index (χ0n) is 65.2. The molecule has 6 aromatic carbocycles. The van der Waals surface area contributed by atoms with Crippen LogP contribution in [0, 0.1) is 29.1 Å². The standard InChI is InChI=1S/C87H109NO23/c1-51-42-95-82(75(94-47-64-38-26-16-27-39-64)67(51)103-85-78-87(50-96-85,49-91-44-61-32-20-13-21-33-61)111-81(108-78)65-40-28-17-29-41-65)105-71-56(6)98-79(107-76-74(72(101-59(9)89)57(7)99-83(76)100-58(8)88)106-84-77-70(52(2)55(5)97-84)109-86(10,11)110-77)54(4)69(71)104-80-53(3)68(92-45-62-34-22-14-23-35-62)73(93-46-63-36-24-15-25-37-63)66(102-80)48-90-43-60-30-18-12-19-31-60/h12-41,51-57,66-85,88H,42-50H2,1-11H3/t51-,52+,53-,54+,55?,56?,57?,66?,67?,68?,69?,70+,71+,72+,73-,74?,75-,76-,77?,78?,79+,80+,81+,82+,83-,84+,85+,87+/m1/s1. The van der Waals surface area contributed by atoms with Crippen LogP contribution in [0.15, 0.2) is 182 Å². The van der Waals surface area contributed by atoms with Gasteiger partial charge in [-0.25, -0.2) is 0 Å². The minimum absolute atomic E-state index is 0.0857. The van der Waals surface area contributed by atoms with Crippen molar-refractivity contribution in [2.24, 2.45) is 23.7 Å². The van der Waals surface area contributed by atoms with Crippen LogP contribution in [0.25, 0.3) is 0 Å². The highest BCUT2D eigenvalue weighted by Crippen LogP contribution is 2.49. The first-order chi connectivity index (χ1) is 53.7. The Kier molecular flexibility index (Phi) is 27.0. The number of nitrogens with one attached hydrogen (secondary N) is 1. The maximum absolute atomic E-state index is 13.4. The van der Waals surface area contributed by atoms with Gasteiger partial charge in [-0.3, -0.25) is 10.2 Å². The van der Waals surface area contributed by atoms with Gasteiger partial charge in [0.1, 0.15) is 48.3 Å². The van der Waals surface area contributed by atoms with Gasteiger partial charge in [-0.05, 0) is 62.4 Å². The third-order valence-corrected chi connectivity index (χ3v) is 22.2. The normalized spacial score (nSPS) is 37.2. The van der Waals surface area contributed by atoms with E-state index in [1.807, 2.05) is 237 Å². The van der Waals surface area contributed by atoms with Gasteiger partial charge in [0, 0.05) is 43.1 Å². The Morgan fingerprint density at radius 2 is 0.892 bits per heavy atom. The molecule has 0 radical (unpaired) electrons. The summed E-state index contributed by atoms with van der Waals surface area (Å²) < 4.78 is 153. The number of rotatable bonds is 30. The Balaban J connectivity index is 0.821. The van der Waals surface area contributed by atoms with Crippen LogP contribution in [0.3, 0.4) is 0 Å². The first-order valence-electron chi connectivity index (χ1n) is 39.2. The van der Waals surface area contributed by atoms with Crippen molar-refractivity contribution in [2.45, 2.75) is 262 Å². The number of esters is 1. The summed E-state index contributed by atoms with van der Waals surface area (Å²) in [6.07, 6.45) is -21.2. The second-order valence-electron chi connectivity index (χ2n) is 31.2. The summed E-state index contributed by atoms with van der Waals surface area (Å²) in [5.74, 6) is -3.55. The second-order valence-corrected chi connectivity index (χ2v) is 31.2. The van der Waals surface area contributed by atoms with Crippen LogP contribution in [0.1, 0.15) is 116 Å². The van der Waals surface area contributed by atoms with Crippen molar-refractivity contribution in [1.82, 2.24) is 0 Å². The van der Waals surface area contributed by atoms with Crippen molar-refractivity contribution in [3.05, 3.63) is 215 Å². The number of fused-ring (bicyclic) bond motifs is 2. The molecule has 14 rings (SSSR count). The van der Waals surface area contributed by atoms with E-state index in [2.05, 4.69) is 0 Å². The molecule has 0 spiro atoms. The van der Waals surface area contributed by atoms with Gasteiger partial charge in [0.15, 0.2) is 61.6 Å². The molecule has 0 aromatic heterocycles. The zero-order valence-corrected chi connectivity index (χ0v) is 65.2. The van der Waals surface area contributed by atoms with Crippen molar-refractivity contribution >= 4 is 11.9 Å². The van der Waals surface area contributed by atoms with Crippen LogP contribution in [0.2, 0.25) is 0 Å². The van der Waals surface area contributed by atoms with Crippen molar-refractivity contribution in [2.75, 3.05) is 26.4 Å². The van der Waals surface area contributed by atoms with E-state index in [0.717, 1.165) is 33.4 Å². The predicted octanol–water partition coefficient (Wildman–Crippen LogP) is 12.6. The highest BCUT2D eigenvalue weighted by molar-refractivity contribution is 5.69. The smallest absolute Gasteiger partial charge is 0.303 e. The largest absolute Gasteiger partial charge is 0.457 e. The third-order valence-electron chi connectivity index (χ3n) is 22.2. The van der Waals surface area contributed by atoms with E-state index >= 15 is 0 Å². The number of ether oxygens (including phenoxy) is 22. The van der Waals surface area contributed by atoms with Crippen LogP contribution in [0.5, 0.6) is 0 Å². The van der Waals surface area contributed by atoms with E-state index in [-0.39, 0.29) is 76.7 Å². The summed E-state index contributed by atoms with van der Waals surface area (Å²) in [7, 11) is 0. The van der Waals surface area contributed by atoms with Gasteiger partial charge in [0.05, 0.1) is 102 Å². The van der Waals surface area contributed by atoms with Crippen LogP contribution in [-0.4, -0.2) is 185 Å². The molecule has 8 heterocycles. The van der Waals surface area contributed by atoms with Crippen molar-refractivity contribution in [3.63, 3.8) is 0 Å². The van der Waals surface area contributed by atoms with E-state index in [4.69, 9.17) is 110 Å². The minimum atomic E-state index is -1.34. The number of carbonyl (C=O) groups is 1. The summed E-state index contributed by atoms with van der Waals surface area (Å²) in [5, 5.41) is 8.78. The van der Waals surface area contributed by atoms with Crippen molar-refractivity contribution < 1.29 is 109 Å². The maximum atomic E-state index is 13.4. The summed E-state index contributed by atoms with van der Waals surface area (Å²) >= 11 is 0. The number of hydrogen-bond acceptors (Lipinski definition) is 24. The number of benzene rings is 6. The summed E-state index contributed by atoms with van der Waals surface area (Å²) in [4.78, 5) is 13.4. The van der Waals surface area contributed by atoms with Gasteiger partial charge in [-0.2, -0.15) is 0 Å². The highest BCUT2D eigenvalue weighted by atomic mass is 16.8. The molecule has 28 atom stereocenters. The average molecular weight is 1540 g/mol. The molecular formula is C87H109NO23. The molecule has 8 aliphatic heterocycles. The summed E-state index contributed by atoms with van der Waals surface area (Å²) in [6.45, 7) is 21.9. The molecule has 10 unspecified atom stereocenters. The molecule has 0 saturated carbocycles.